The molecule has 19 heavy (non-hydrogen) atoms. The van der Waals surface area contributed by atoms with Crippen LogP contribution in [-0.4, -0.2) is 35.6 Å². The highest BCUT2D eigenvalue weighted by atomic mass is 15.2. The summed E-state index contributed by atoms with van der Waals surface area (Å²) in [6.45, 7) is 5.43. The molecule has 2 heterocycles. The van der Waals surface area contributed by atoms with E-state index in [0.29, 0.717) is 12.1 Å². The number of hydrogen-bond donors (Lipinski definition) is 1. The zero-order valence-corrected chi connectivity index (χ0v) is 11.9. The van der Waals surface area contributed by atoms with Crippen LogP contribution in [0.1, 0.15) is 19.0 Å². The highest BCUT2D eigenvalue weighted by Gasteiger charge is 2.26. The topological polar surface area (TPSA) is 28.2 Å². The van der Waals surface area contributed by atoms with Crippen molar-refractivity contribution < 1.29 is 0 Å². The third kappa shape index (κ3) is 2.43. The van der Waals surface area contributed by atoms with E-state index in [1.807, 2.05) is 6.92 Å². The maximum Gasteiger partial charge on any atom is 0.0936 e. The van der Waals surface area contributed by atoms with Crippen molar-refractivity contribution in [3.63, 3.8) is 0 Å². The Morgan fingerprint density at radius 1 is 1.26 bits per heavy atom. The fourth-order valence-corrected chi connectivity index (χ4v) is 2.88. The summed E-state index contributed by atoms with van der Waals surface area (Å²) in [5.74, 6) is 0. The van der Waals surface area contributed by atoms with Crippen LogP contribution in [0.4, 0.5) is 5.69 Å². The number of fused-ring (bicyclic) bond motifs is 1. The van der Waals surface area contributed by atoms with E-state index in [9.17, 15) is 0 Å². The Hall–Kier alpha value is -1.61. The Morgan fingerprint density at radius 2 is 2.11 bits per heavy atom. The van der Waals surface area contributed by atoms with E-state index >= 15 is 0 Å². The van der Waals surface area contributed by atoms with Gasteiger partial charge in [0, 0.05) is 29.7 Å². The van der Waals surface area contributed by atoms with Crippen molar-refractivity contribution >= 4 is 16.6 Å². The van der Waals surface area contributed by atoms with Crippen LogP contribution in [0.25, 0.3) is 10.9 Å². The SMILES string of the molecule is Cc1ccc2cccc(NC3CC(C)N(C)C3)c2n1. The zero-order valence-electron chi connectivity index (χ0n) is 11.9. The monoisotopic (exact) mass is 255 g/mol. The number of aromatic nitrogens is 1. The number of likely N-dealkylation sites (tertiary alicyclic amines) is 1. The molecule has 0 amide bonds. The fraction of sp³-hybridized carbons (Fsp3) is 0.438. The Balaban J connectivity index is 1.91. The van der Waals surface area contributed by atoms with E-state index in [0.717, 1.165) is 23.4 Å². The molecule has 1 fully saturated rings. The molecular weight excluding hydrogens is 234 g/mol. The van der Waals surface area contributed by atoms with Gasteiger partial charge in [-0.1, -0.05) is 18.2 Å². The molecule has 1 aromatic carbocycles. The minimum Gasteiger partial charge on any atom is -0.379 e. The summed E-state index contributed by atoms with van der Waals surface area (Å²) in [4.78, 5) is 7.08. The van der Waals surface area contributed by atoms with Gasteiger partial charge in [-0.3, -0.25) is 4.98 Å². The number of hydrogen-bond acceptors (Lipinski definition) is 3. The quantitative estimate of drug-likeness (QED) is 0.894. The third-order valence-electron chi connectivity index (χ3n) is 4.11. The summed E-state index contributed by atoms with van der Waals surface area (Å²) in [5.41, 5.74) is 3.32. The van der Waals surface area contributed by atoms with Gasteiger partial charge < -0.3 is 10.2 Å². The molecule has 3 rings (SSSR count). The Morgan fingerprint density at radius 3 is 2.84 bits per heavy atom. The number of likely N-dealkylation sites (N-methyl/N-ethyl adjacent to an activating group) is 1. The van der Waals surface area contributed by atoms with Crippen LogP contribution < -0.4 is 5.32 Å². The van der Waals surface area contributed by atoms with E-state index in [-0.39, 0.29) is 0 Å². The predicted octanol–water partition coefficient (Wildman–Crippen LogP) is 3.05. The van der Waals surface area contributed by atoms with E-state index in [4.69, 9.17) is 0 Å². The average molecular weight is 255 g/mol. The number of aryl methyl sites for hydroxylation is 1. The number of rotatable bonds is 2. The van der Waals surface area contributed by atoms with E-state index in [1.54, 1.807) is 0 Å². The number of nitrogens with zero attached hydrogens (tertiary/aromatic N) is 2. The zero-order chi connectivity index (χ0) is 13.4. The lowest BCUT2D eigenvalue weighted by Crippen LogP contribution is -2.25. The first-order valence-corrected chi connectivity index (χ1v) is 6.96. The van der Waals surface area contributed by atoms with Crippen LogP contribution in [0.5, 0.6) is 0 Å². The van der Waals surface area contributed by atoms with Crippen molar-refractivity contribution in [2.45, 2.75) is 32.4 Å². The van der Waals surface area contributed by atoms with Crippen molar-refractivity contribution in [3.05, 3.63) is 36.0 Å². The van der Waals surface area contributed by atoms with Crippen LogP contribution in [-0.2, 0) is 0 Å². The highest BCUT2D eigenvalue weighted by molar-refractivity contribution is 5.90. The van der Waals surface area contributed by atoms with Crippen LogP contribution in [0.3, 0.4) is 0 Å². The molecule has 0 bridgehead atoms. The van der Waals surface area contributed by atoms with Gasteiger partial charge in [-0.2, -0.15) is 0 Å². The summed E-state index contributed by atoms with van der Waals surface area (Å²) < 4.78 is 0. The lowest BCUT2D eigenvalue weighted by Gasteiger charge is -2.15. The second-order valence-electron chi connectivity index (χ2n) is 5.70. The van der Waals surface area contributed by atoms with E-state index in [1.165, 1.54) is 11.8 Å². The van der Waals surface area contributed by atoms with Gasteiger partial charge in [-0.15, -0.1) is 0 Å². The van der Waals surface area contributed by atoms with Gasteiger partial charge in [0.05, 0.1) is 11.2 Å². The van der Waals surface area contributed by atoms with Crippen molar-refractivity contribution in [3.8, 4) is 0 Å². The summed E-state index contributed by atoms with van der Waals surface area (Å²) >= 11 is 0. The molecule has 100 valence electrons. The fourth-order valence-electron chi connectivity index (χ4n) is 2.88. The molecule has 2 atom stereocenters. The van der Waals surface area contributed by atoms with Crippen LogP contribution >= 0.6 is 0 Å². The molecule has 0 saturated carbocycles. The molecule has 1 aliphatic rings. The molecule has 2 unspecified atom stereocenters. The van der Waals surface area contributed by atoms with Crippen LogP contribution in [0, 0.1) is 6.92 Å². The third-order valence-corrected chi connectivity index (χ3v) is 4.11. The normalized spacial score (nSPS) is 23.9. The Labute approximate surface area is 114 Å². The maximum absolute atomic E-state index is 4.68. The summed E-state index contributed by atoms with van der Waals surface area (Å²) in [6, 6.07) is 11.7. The first kappa shape index (κ1) is 12.4. The van der Waals surface area contributed by atoms with E-state index < -0.39 is 0 Å². The number of para-hydroxylation sites is 1. The molecule has 1 saturated heterocycles. The standard InChI is InChI=1S/C16H21N3/c1-11-7-8-13-5-4-6-15(16(13)17-11)18-14-9-12(2)19(3)10-14/h4-8,12,14,18H,9-10H2,1-3H3. The number of pyridine rings is 1. The minimum absolute atomic E-state index is 0.521. The number of nitrogens with one attached hydrogen (secondary N) is 1. The molecule has 3 nitrogen and oxygen atoms in total. The average Bonchev–Trinajstić information content (AvgIpc) is 2.69. The minimum atomic E-state index is 0.521. The number of anilines is 1. The first-order valence-electron chi connectivity index (χ1n) is 6.96. The molecule has 0 radical (unpaired) electrons. The highest BCUT2D eigenvalue weighted by Crippen LogP contribution is 2.25. The van der Waals surface area contributed by atoms with Gasteiger partial charge in [0.25, 0.3) is 0 Å². The second-order valence-corrected chi connectivity index (χ2v) is 5.70. The van der Waals surface area contributed by atoms with Gasteiger partial charge >= 0.3 is 0 Å². The van der Waals surface area contributed by atoms with Gasteiger partial charge in [0.15, 0.2) is 0 Å². The Kier molecular flexibility index (Phi) is 3.15. The van der Waals surface area contributed by atoms with Gasteiger partial charge in [0.2, 0.25) is 0 Å². The summed E-state index contributed by atoms with van der Waals surface area (Å²) in [5, 5.41) is 4.87. The smallest absolute Gasteiger partial charge is 0.0936 e. The summed E-state index contributed by atoms with van der Waals surface area (Å²) in [6.07, 6.45) is 1.19. The van der Waals surface area contributed by atoms with Crippen molar-refractivity contribution in [1.29, 1.82) is 0 Å². The first-order chi connectivity index (χ1) is 9.13. The predicted molar refractivity (Wildman–Crippen MR) is 80.6 cm³/mol. The van der Waals surface area contributed by atoms with Crippen molar-refractivity contribution in [2.24, 2.45) is 0 Å². The summed E-state index contributed by atoms with van der Waals surface area (Å²) in [7, 11) is 2.19. The molecule has 0 spiro atoms. The molecule has 0 aliphatic carbocycles. The van der Waals surface area contributed by atoms with Gasteiger partial charge in [0.1, 0.15) is 0 Å². The lowest BCUT2D eigenvalue weighted by molar-refractivity contribution is 0.330. The Bertz CT molecular complexity index is 584. The molecule has 1 N–H and O–H groups in total. The van der Waals surface area contributed by atoms with Gasteiger partial charge in [-0.25, -0.2) is 0 Å². The van der Waals surface area contributed by atoms with Crippen LogP contribution in [0.2, 0.25) is 0 Å². The largest absolute Gasteiger partial charge is 0.379 e. The van der Waals surface area contributed by atoms with Crippen molar-refractivity contribution in [1.82, 2.24) is 9.88 Å². The second kappa shape index (κ2) is 4.82. The molecule has 1 aliphatic heterocycles. The number of benzene rings is 1. The van der Waals surface area contributed by atoms with Crippen LogP contribution in [0.15, 0.2) is 30.3 Å². The molecular formula is C16H21N3. The molecule has 1 aromatic heterocycles. The molecule has 3 heteroatoms. The lowest BCUT2D eigenvalue weighted by atomic mass is 10.1. The molecule has 2 aromatic rings. The maximum atomic E-state index is 4.68. The van der Waals surface area contributed by atoms with E-state index in [2.05, 4.69) is 59.5 Å². The van der Waals surface area contributed by atoms with Crippen molar-refractivity contribution in [2.75, 3.05) is 18.9 Å². The van der Waals surface area contributed by atoms with Gasteiger partial charge in [-0.05, 0) is 39.4 Å².